The highest BCUT2D eigenvalue weighted by molar-refractivity contribution is 5.76. The molecule has 1 saturated heterocycles. The monoisotopic (exact) mass is 456 g/mol. The summed E-state index contributed by atoms with van der Waals surface area (Å²) >= 11 is 0. The van der Waals surface area contributed by atoms with Crippen molar-refractivity contribution in [3.8, 4) is 0 Å². The average molecular weight is 456 g/mol. The summed E-state index contributed by atoms with van der Waals surface area (Å²) in [6.07, 6.45) is 2.86. The van der Waals surface area contributed by atoms with Crippen molar-refractivity contribution in [2.75, 3.05) is 26.8 Å². The van der Waals surface area contributed by atoms with Gasteiger partial charge in [0, 0.05) is 25.5 Å². The number of carbonyl (C=O) groups excluding carboxylic acids is 1. The third-order valence-corrected chi connectivity index (χ3v) is 6.83. The molecule has 5 atom stereocenters. The Morgan fingerprint density at radius 2 is 2.00 bits per heavy atom. The fourth-order valence-corrected chi connectivity index (χ4v) is 5.26. The summed E-state index contributed by atoms with van der Waals surface area (Å²) in [6.45, 7) is -1.46. The number of aromatic nitrogens is 3. The highest BCUT2D eigenvalue weighted by Gasteiger charge is 2.64. The van der Waals surface area contributed by atoms with Crippen molar-refractivity contribution < 1.29 is 27.1 Å². The van der Waals surface area contributed by atoms with Gasteiger partial charge in [0.15, 0.2) is 5.65 Å². The number of amides is 2. The van der Waals surface area contributed by atoms with E-state index >= 15 is 0 Å². The molecule has 3 fully saturated rings. The quantitative estimate of drug-likeness (QED) is 0.651. The molecule has 1 unspecified atom stereocenters. The number of nitrogens with two attached hydrogens (primary N) is 1. The zero-order valence-electron chi connectivity index (χ0n) is 17.3. The van der Waals surface area contributed by atoms with Crippen LogP contribution in [0.2, 0.25) is 0 Å². The number of alkyl halides is 4. The van der Waals surface area contributed by atoms with Crippen molar-refractivity contribution in [3.63, 3.8) is 0 Å². The molecule has 5 rings (SSSR count). The van der Waals surface area contributed by atoms with Gasteiger partial charge >= 0.3 is 6.03 Å². The summed E-state index contributed by atoms with van der Waals surface area (Å²) in [5, 5.41) is 6.50. The van der Waals surface area contributed by atoms with E-state index in [0.29, 0.717) is 16.9 Å². The van der Waals surface area contributed by atoms with Crippen molar-refractivity contribution in [1.82, 2.24) is 24.8 Å². The summed E-state index contributed by atoms with van der Waals surface area (Å²) in [7, 11) is 1.42. The molecule has 3 heterocycles. The molecule has 0 aromatic carbocycles. The largest absolute Gasteiger partial charge is 0.382 e. The van der Waals surface area contributed by atoms with Gasteiger partial charge in [0.25, 0.3) is 5.92 Å². The average Bonchev–Trinajstić information content (AvgIpc) is 3.07. The number of nitrogens with zero attached hydrogens (tertiary/aromatic N) is 4. The van der Waals surface area contributed by atoms with Crippen LogP contribution >= 0.6 is 0 Å². The summed E-state index contributed by atoms with van der Waals surface area (Å²) in [6, 6.07) is -0.231. The van der Waals surface area contributed by atoms with E-state index in [1.165, 1.54) is 17.8 Å². The molecule has 32 heavy (non-hydrogen) atoms. The number of imidazole rings is 1. The van der Waals surface area contributed by atoms with Gasteiger partial charge in [0.1, 0.15) is 0 Å². The molecular weight excluding hydrogens is 432 g/mol. The zero-order valence-corrected chi connectivity index (χ0v) is 17.3. The molecule has 12 heteroatoms. The molecule has 0 spiro atoms. The second-order valence-electron chi connectivity index (χ2n) is 9.07. The lowest BCUT2D eigenvalue weighted by atomic mass is 10.0. The number of ether oxygens (including phenoxy) is 1. The Balaban J connectivity index is 1.39. The molecule has 2 saturated carbocycles. The van der Waals surface area contributed by atoms with Crippen LogP contribution in [0.3, 0.4) is 0 Å². The second-order valence-corrected chi connectivity index (χ2v) is 9.07. The lowest BCUT2D eigenvalue weighted by Crippen LogP contribution is -2.58. The third-order valence-electron chi connectivity index (χ3n) is 6.83. The van der Waals surface area contributed by atoms with Gasteiger partial charge in [-0.3, -0.25) is 0 Å². The number of urea groups is 1. The lowest BCUT2D eigenvalue weighted by molar-refractivity contribution is -0.0509. The topological polar surface area (TPSA) is 97.8 Å². The van der Waals surface area contributed by atoms with E-state index in [1.54, 1.807) is 12.3 Å². The van der Waals surface area contributed by atoms with Gasteiger partial charge in [-0.1, -0.05) is 0 Å². The van der Waals surface area contributed by atoms with Crippen LogP contribution in [0, 0.1) is 17.8 Å². The van der Waals surface area contributed by atoms with Gasteiger partial charge in [0.05, 0.1) is 49.9 Å². The standard InChI is InChI=1S/C20H24F4N6O2/c1-32-7-14(29-9-20(23,24)8-26-18(29)31)10-2-15-28-13(6-30(15)27-5-10)17(25)16-11-3-19(21,22)4-12(11)16/h2,5-6,11-12,14,16-17H,3-4,7-9,25H2,1H3,(H,26,31)/t11-,12+,14-,16?,17-/m1/s1. The van der Waals surface area contributed by atoms with Crippen molar-refractivity contribution in [2.45, 2.75) is 36.8 Å². The number of rotatable bonds is 6. The zero-order chi connectivity index (χ0) is 22.8. The SMILES string of the molecule is COC[C@H](c1cnn2cc([C@@H](N)C3[C@H]4CC(F)(F)C[C@@H]34)nc2c1)N1CC(F)(F)CNC1=O. The van der Waals surface area contributed by atoms with Gasteiger partial charge < -0.3 is 20.7 Å². The summed E-state index contributed by atoms with van der Waals surface area (Å²) in [5.41, 5.74) is 7.80. The Morgan fingerprint density at radius 3 is 2.69 bits per heavy atom. The van der Waals surface area contributed by atoms with E-state index < -0.39 is 43.0 Å². The number of carbonyl (C=O) groups is 1. The van der Waals surface area contributed by atoms with Crippen LogP contribution in [0.5, 0.6) is 0 Å². The number of halogens is 4. The second kappa shape index (κ2) is 7.27. The summed E-state index contributed by atoms with van der Waals surface area (Å²) < 4.78 is 61.5. The smallest absolute Gasteiger partial charge is 0.318 e. The lowest BCUT2D eigenvalue weighted by Gasteiger charge is -2.38. The van der Waals surface area contributed by atoms with Gasteiger partial charge in [-0.05, 0) is 23.8 Å². The van der Waals surface area contributed by atoms with Gasteiger partial charge in [-0.25, -0.2) is 31.9 Å². The molecule has 0 bridgehead atoms. The Morgan fingerprint density at radius 1 is 1.28 bits per heavy atom. The maximum absolute atomic E-state index is 13.9. The van der Waals surface area contributed by atoms with E-state index in [2.05, 4.69) is 15.4 Å². The Labute approximate surface area is 181 Å². The number of fused-ring (bicyclic) bond motifs is 2. The van der Waals surface area contributed by atoms with Gasteiger partial charge in [-0.2, -0.15) is 5.10 Å². The van der Waals surface area contributed by atoms with E-state index in [1.807, 2.05) is 0 Å². The normalized spacial score (nSPS) is 30.1. The molecule has 2 amide bonds. The number of methoxy groups -OCH3 is 1. The van der Waals surface area contributed by atoms with E-state index in [-0.39, 0.29) is 37.2 Å². The van der Waals surface area contributed by atoms with Crippen LogP contribution in [0.15, 0.2) is 18.5 Å². The predicted molar refractivity (Wildman–Crippen MR) is 104 cm³/mol. The first kappa shape index (κ1) is 21.4. The fraction of sp³-hybridized carbons (Fsp3) is 0.650. The molecule has 0 radical (unpaired) electrons. The minimum Gasteiger partial charge on any atom is -0.382 e. The number of nitrogens with one attached hydrogen (secondary N) is 1. The first-order chi connectivity index (χ1) is 15.1. The van der Waals surface area contributed by atoms with Crippen molar-refractivity contribution in [2.24, 2.45) is 23.5 Å². The van der Waals surface area contributed by atoms with Crippen molar-refractivity contribution in [1.29, 1.82) is 0 Å². The molecule has 3 N–H and O–H groups in total. The first-order valence-corrected chi connectivity index (χ1v) is 10.5. The Bertz CT molecular complexity index is 1030. The van der Waals surface area contributed by atoms with E-state index in [9.17, 15) is 22.4 Å². The number of hydrogen-bond donors (Lipinski definition) is 2. The minimum atomic E-state index is -3.07. The molecule has 174 valence electrons. The van der Waals surface area contributed by atoms with Crippen LogP contribution in [-0.4, -0.2) is 64.2 Å². The van der Waals surface area contributed by atoms with E-state index in [4.69, 9.17) is 10.5 Å². The van der Waals surface area contributed by atoms with Crippen molar-refractivity contribution >= 4 is 11.7 Å². The van der Waals surface area contributed by atoms with Crippen molar-refractivity contribution in [3.05, 3.63) is 29.7 Å². The minimum absolute atomic E-state index is 0.00587. The van der Waals surface area contributed by atoms with Crippen LogP contribution < -0.4 is 11.1 Å². The first-order valence-electron chi connectivity index (χ1n) is 10.5. The van der Waals surface area contributed by atoms with E-state index in [0.717, 1.165) is 4.90 Å². The third kappa shape index (κ3) is 3.68. The predicted octanol–water partition coefficient (Wildman–Crippen LogP) is 2.37. The van der Waals surface area contributed by atoms with Gasteiger partial charge in [0.2, 0.25) is 5.92 Å². The van der Waals surface area contributed by atoms with Crippen LogP contribution in [0.1, 0.15) is 36.2 Å². The van der Waals surface area contributed by atoms with Crippen LogP contribution in [-0.2, 0) is 4.74 Å². The maximum atomic E-state index is 13.9. The molecule has 2 aromatic heterocycles. The Hall–Kier alpha value is -2.47. The molecule has 3 aliphatic rings. The molecule has 2 aromatic rings. The van der Waals surface area contributed by atoms with Crippen LogP contribution in [0.25, 0.3) is 5.65 Å². The molecule has 1 aliphatic heterocycles. The number of hydrogen-bond acceptors (Lipinski definition) is 5. The fourth-order valence-electron chi connectivity index (χ4n) is 5.26. The molecular formula is C20H24F4N6O2. The summed E-state index contributed by atoms with van der Waals surface area (Å²) in [5.74, 6) is -5.87. The van der Waals surface area contributed by atoms with Gasteiger partial charge in [-0.15, -0.1) is 0 Å². The summed E-state index contributed by atoms with van der Waals surface area (Å²) in [4.78, 5) is 17.8. The molecule has 8 nitrogen and oxygen atoms in total. The van der Waals surface area contributed by atoms with Crippen LogP contribution in [0.4, 0.5) is 22.4 Å². The maximum Gasteiger partial charge on any atom is 0.318 e. The highest BCUT2D eigenvalue weighted by atomic mass is 19.3. The Kier molecular flexibility index (Phi) is 4.86. The molecule has 2 aliphatic carbocycles. The highest BCUT2D eigenvalue weighted by Crippen LogP contribution is 2.65.